The van der Waals surface area contributed by atoms with Crippen LogP contribution in [0.3, 0.4) is 0 Å². The fraction of sp³-hybridized carbons (Fsp3) is 0.696. The highest BCUT2D eigenvalue weighted by molar-refractivity contribution is 9.10. The Hall–Kier alpha value is -0.920. The molecule has 1 amide bonds. The van der Waals surface area contributed by atoms with Crippen molar-refractivity contribution in [2.45, 2.75) is 76.2 Å². The van der Waals surface area contributed by atoms with Crippen molar-refractivity contribution >= 4 is 37.5 Å². The molecule has 1 N–H and O–H groups in total. The van der Waals surface area contributed by atoms with Crippen molar-refractivity contribution in [2.75, 3.05) is 11.4 Å². The van der Waals surface area contributed by atoms with E-state index in [2.05, 4.69) is 27.6 Å². The molecule has 4 bridgehead atoms. The summed E-state index contributed by atoms with van der Waals surface area (Å²) in [6, 6.07) is 3.49. The summed E-state index contributed by atoms with van der Waals surface area (Å²) in [7, 11) is -3.70. The van der Waals surface area contributed by atoms with E-state index in [0.717, 1.165) is 54.7 Å². The minimum absolute atomic E-state index is 0.0364. The monoisotopic (exact) mass is 494 g/mol. The number of nitrogens with zero attached hydrogens (tertiary/aromatic N) is 1. The average Bonchev–Trinajstić information content (AvgIpc) is 3.08. The molecule has 0 radical (unpaired) electrons. The number of fused-ring (bicyclic) bond motifs is 1. The third kappa shape index (κ3) is 3.36. The minimum Gasteiger partial charge on any atom is -0.312 e. The Kier molecular flexibility index (Phi) is 5.10. The quantitative estimate of drug-likeness (QED) is 0.648. The second-order valence-corrected chi connectivity index (χ2v) is 12.7. The summed E-state index contributed by atoms with van der Waals surface area (Å²) in [6.45, 7) is 4.53. The molecule has 4 fully saturated rings. The van der Waals surface area contributed by atoms with Crippen LogP contribution in [-0.4, -0.2) is 26.9 Å². The van der Waals surface area contributed by atoms with E-state index in [-0.39, 0.29) is 22.3 Å². The SMILES string of the molecule is CCC(=O)N1CCc2cc(Br)c(S(=O)(=O)N[C@H](C)C34CC5CC(CC(C5)C3)C4)cc21. The van der Waals surface area contributed by atoms with Crippen molar-refractivity contribution in [3.05, 3.63) is 22.2 Å². The first-order valence-electron chi connectivity index (χ1n) is 11.4. The molecule has 7 heteroatoms. The summed E-state index contributed by atoms with van der Waals surface area (Å²) in [5.41, 5.74) is 1.87. The van der Waals surface area contributed by atoms with Gasteiger partial charge in [-0.2, -0.15) is 0 Å². The van der Waals surface area contributed by atoms with Gasteiger partial charge in [-0.05, 0) is 109 Å². The molecule has 1 aliphatic heterocycles. The van der Waals surface area contributed by atoms with Crippen molar-refractivity contribution in [3.63, 3.8) is 0 Å². The predicted molar refractivity (Wildman–Crippen MR) is 121 cm³/mol. The van der Waals surface area contributed by atoms with Gasteiger partial charge in [0.05, 0.1) is 4.90 Å². The topological polar surface area (TPSA) is 66.5 Å². The fourth-order valence-corrected chi connectivity index (χ4v) is 9.63. The Balaban J connectivity index is 1.43. The molecule has 6 rings (SSSR count). The summed E-state index contributed by atoms with van der Waals surface area (Å²) in [4.78, 5) is 14.3. The van der Waals surface area contributed by atoms with Crippen LogP contribution in [0.1, 0.15) is 64.4 Å². The van der Waals surface area contributed by atoms with Gasteiger partial charge in [-0.3, -0.25) is 4.79 Å². The molecule has 1 atom stereocenters. The highest BCUT2D eigenvalue weighted by atomic mass is 79.9. The number of amides is 1. The lowest BCUT2D eigenvalue weighted by Crippen LogP contribution is -2.55. The summed E-state index contributed by atoms with van der Waals surface area (Å²) in [5.74, 6) is 2.38. The van der Waals surface area contributed by atoms with Crippen LogP contribution in [0.2, 0.25) is 0 Å². The van der Waals surface area contributed by atoms with Crippen LogP contribution in [0.25, 0.3) is 0 Å². The second kappa shape index (κ2) is 7.31. The number of nitrogens with one attached hydrogen (secondary N) is 1. The number of carbonyl (C=O) groups excluding carboxylic acids is 1. The molecule has 5 aliphatic rings. The summed E-state index contributed by atoms with van der Waals surface area (Å²) in [5, 5.41) is 0. The molecule has 4 aliphatic carbocycles. The van der Waals surface area contributed by atoms with E-state index in [0.29, 0.717) is 17.4 Å². The molecule has 4 saturated carbocycles. The van der Waals surface area contributed by atoms with Crippen LogP contribution in [-0.2, 0) is 21.2 Å². The van der Waals surface area contributed by atoms with E-state index in [1.165, 1.54) is 19.3 Å². The predicted octanol–water partition coefficient (Wildman–Crippen LogP) is 4.63. The first-order chi connectivity index (χ1) is 14.2. The minimum atomic E-state index is -3.70. The van der Waals surface area contributed by atoms with Gasteiger partial charge in [-0.1, -0.05) is 6.92 Å². The van der Waals surface area contributed by atoms with Gasteiger partial charge in [0.2, 0.25) is 15.9 Å². The molecule has 1 heterocycles. The molecule has 0 saturated heterocycles. The Morgan fingerprint density at radius 2 is 1.80 bits per heavy atom. The van der Waals surface area contributed by atoms with Gasteiger partial charge in [-0.15, -0.1) is 0 Å². The molecule has 1 aromatic rings. The smallest absolute Gasteiger partial charge is 0.242 e. The first kappa shape index (κ1) is 21.0. The number of benzene rings is 1. The molecule has 30 heavy (non-hydrogen) atoms. The highest BCUT2D eigenvalue weighted by Crippen LogP contribution is 2.61. The number of hydrogen-bond acceptors (Lipinski definition) is 3. The molecule has 0 unspecified atom stereocenters. The van der Waals surface area contributed by atoms with Gasteiger partial charge in [0, 0.05) is 29.2 Å². The molecular formula is C23H31BrN2O3S. The van der Waals surface area contributed by atoms with Crippen LogP contribution < -0.4 is 9.62 Å². The van der Waals surface area contributed by atoms with E-state index >= 15 is 0 Å². The first-order valence-corrected chi connectivity index (χ1v) is 13.6. The van der Waals surface area contributed by atoms with Crippen LogP contribution in [0.4, 0.5) is 5.69 Å². The maximum absolute atomic E-state index is 13.5. The highest BCUT2D eigenvalue weighted by Gasteiger charge is 2.53. The van der Waals surface area contributed by atoms with Gasteiger partial charge in [0.25, 0.3) is 0 Å². The van der Waals surface area contributed by atoms with Crippen molar-refractivity contribution in [1.82, 2.24) is 4.72 Å². The van der Waals surface area contributed by atoms with Gasteiger partial charge in [-0.25, -0.2) is 13.1 Å². The van der Waals surface area contributed by atoms with Crippen LogP contribution in [0.15, 0.2) is 21.5 Å². The number of anilines is 1. The third-order valence-electron chi connectivity index (χ3n) is 8.26. The normalized spacial score (nSPS) is 33.0. The molecule has 1 aromatic carbocycles. The van der Waals surface area contributed by atoms with E-state index in [1.807, 2.05) is 13.0 Å². The molecule has 0 aromatic heterocycles. The summed E-state index contributed by atoms with van der Waals surface area (Å²) >= 11 is 3.49. The number of rotatable bonds is 5. The van der Waals surface area contributed by atoms with E-state index in [9.17, 15) is 13.2 Å². The lowest BCUT2D eigenvalue weighted by Gasteiger charge is -2.59. The van der Waals surface area contributed by atoms with Crippen LogP contribution in [0.5, 0.6) is 0 Å². The Bertz CT molecular complexity index is 955. The molecular weight excluding hydrogens is 464 g/mol. The van der Waals surface area contributed by atoms with Crippen molar-refractivity contribution < 1.29 is 13.2 Å². The van der Waals surface area contributed by atoms with Crippen molar-refractivity contribution in [1.29, 1.82) is 0 Å². The Morgan fingerprint density at radius 3 is 2.37 bits per heavy atom. The summed E-state index contributed by atoms with van der Waals surface area (Å²) < 4.78 is 30.6. The Labute approximate surface area is 188 Å². The van der Waals surface area contributed by atoms with Crippen LogP contribution in [0, 0.1) is 23.2 Å². The lowest BCUT2D eigenvalue weighted by molar-refractivity contribution is -0.118. The number of sulfonamides is 1. The standard InChI is InChI=1S/C23H31BrN2O3S/c1-3-22(27)26-5-4-18-9-19(24)21(10-20(18)26)30(28,29)25-14(2)23-11-15-6-16(12-23)8-17(7-15)13-23/h9-10,14-17,25H,3-8,11-13H2,1-2H3/t14-,15?,16?,17?,23?/m1/s1. The van der Waals surface area contributed by atoms with Crippen LogP contribution >= 0.6 is 15.9 Å². The number of halogens is 1. The largest absolute Gasteiger partial charge is 0.312 e. The molecule has 5 nitrogen and oxygen atoms in total. The zero-order chi connectivity index (χ0) is 21.3. The van der Waals surface area contributed by atoms with Crippen molar-refractivity contribution in [3.8, 4) is 0 Å². The lowest BCUT2D eigenvalue weighted by atomic mass is 9.48. The summed E-state index contributed by atoms with van der Waals surface area (Å²) in [6.07, 6.45) is 8.69. The zero-order valence-electron chi connectivity index (χ0n) is 17.8. The maximum Gasteiger partial charge on any atom is 0.242 e. The van der Waals surface area contributed by atoms with Gasteiger partial charge >= 0.3 is 0 Å². The fourth-order valence-electron chi connectivity index (χ4n) is 7.17. The molecule has 164 valence electrons. The number of carbonyl (C=O) groups is 1. The van der Waals surface area contributed by atoms with E-state index in [4.69, 9.17) is 0 Å². The maximum atomic E-state index is 13.5. The van der Waals surface area contributed by atoms with Crippen molar-refractivity contribution in [2.24, 2.45) is 23.2 Å². The van der Waals surface area contributed by atoms with Gasteiger partial charge in [0.1, 0.15) is 0 Å². The third-order valence-corrected chi connectivity index (χ3v) is 10.8. The van der Waals surface area contributed by atoms with Gasteiger partial charge < -0.3 is 4.90 Å². The Morgan fingerprint density at radius 1 is 1.20 bits per heavy atom. The second-order valence-electron chi connectivity index (χ2n) is 10.2. The average molecular weight is 495 g/mol. The zero-order valence-corrected chi connectivity index (χ0v) is 20.2. The van der Waals surface area contributed by atoms with E-state index in [1.54, 1.807) is 11.0 Å². The molecule has 0 spiro atoms. The van der Waals surface area contributed by atoms with E-state index < -0.39 is 10.0 Å². The number of hydrogen-bond donors (Lipinski definition) is 1. The van der Waals surface area contributed by atoms with Gasteiger partial charge in [0.15, 0.2) is 0 Å².